The summed E-state index contributed by atoms with van der Waals surface area (Å²) in [5, 5.41) is 11.5. The van der Waals surface area contributed by atoms with Gasteiger partial charge in [0.05, 0.1) is 23.8 Å². The Hall–Kier alpha value is -2.81. The van der Waals surface area contributed by atoms with Crippen LogP contribution in [-0.4, -0.2) is 62.2 Å². The lowest BCUT2D eigenvalue weighted by Gasteiger charge is -2.38. The number of hydrogen-bond acceptors (Lipinski definition) is 6. The third-order valence-corrected chi connectivity index (χ3v) is 10.2. The largest absolute Gasteiger partial charge is 0.495 e. The number of ether oxygens (including phenoxy) is 1. The lowest BCUT2D eigenvalue weighted by atomic mass is 9.81. The van der Waals surface area contributed by atoms with E-state index in [0.717, 1.165) is 79.5 Å². The van der Waals surface area contributed by atoms with Crippen molar-refractivity contribution in [2.24, 2.45) is 5.92 Å². The zero-order valence-corrected chi connectivity index (χ0v) is 23.5. The number of nitrogens with zero attached hydrogens (tertiary/aromatic N) is 3. The number of hydrogen-bond donors (Lipinski definition) is 1. The number of benzene rings is 2. The summed E-state index contributed by atoms with van der Waals surface area (Å²) in [7, 11) is -2.01. The maximum absolute atomic E-state index is 13.6. The zero-order valence-electron chi connectivity index (χ0n) is 22.6. The third kappa shape index (κ3) is 4.85. The summed E-state index contributed by atoms with van der Waals surface area (Å²) in [6, 6.07) is 16.8. The van der Waals surface area contributed by atoms with Crippen LogP contribution < -0.4 is 9.64 Å². The van der Waals surface area contributed by atoms with Crippen molar-refractivity contribution in [3.8, 4) is 5.75 Å². The summed E-state index contributed by atoms with van der Waals surface area (Å²) in [6.07, 6.45) is 2.39. The van der Waals surface area contributed by atoms with Crippen LogP contribution in [0.15, 0.2) is 59.5 Å². The molecule has 1 aromatic heterocycles. The van der Waals surface area contributed by atoms with Crippen molar-refractivity contribution in [2.45, 2.75) is 50.5 Å². The van der Waals surface area contributed by atoms with Gasteiger partial charge in [-0.2, -0.15) is 0 Å². The molecule has 2 aromatic carbocycles. The van der Waals surface area contributed by atoms with Crippen molar-refractivity contribution in [3.63, 3.8) is 0 Å². The average molecular weight is 538 g/mol. The van der Waals surface area contributed by atoms with Gasteiger partial charge < -0.3 is 14.7 Å². The molecule has 3 aromatic rings. The molecule has 2 aliphatic rings. The molecule has 0 spiro atoms. The van der Waals surface area contributed by atoms with E-state index in [1.165, 1.54) is 3.97 Å². The van der Waals surface area contributed by atoms with Crippen LogP contribution in [0.2, 0.25) is 0 Å². The summed E-state index contributed by atoms with van der Waals surface area (Å²) in [4.78, 5) is 5.14. The summed E-state index contributed by atoms with van der Waals surface area (Å²) in [5.41, 5.74) is 4.46. The second-order valence-electron chi connectivity index (χ2n) is 10.4. The van der Waals surface area contributed by atoms with E-state index in [4.69, 9.17) is 4.74 Å². The van der Waals surface area contributed by atoms with Crippen LogP contribution in [0.5, 0.6) is 5.75 Å². The predicted molar refractivity (Wildman–Crippen MR) is 151 cm³/mol. The van der Waals surface area contributed by atoms with E-state index in [1.807, 2.05) is 38.1 Å². The van der Waals surface area contributed by atoms with Crippen LogP contribution in [0.3, 0.4) is 0 Å². The summed E-state index contributed by atoms with van der Waals surface area (Å²) in [5.74, 6) is 1.03. The van der Waals surface area contributed by atoms with Gasteiger partial charge >= 0.3 is 0 Å². The maximum Gasteiger partial charge on any atom is 0.268 e. The van der Waals surface area contributed by atoms with E-state index >= 15 is 0 Å². The molecule has 8 heteroatoms. The zero-order chi connectivity index (χ0) is 26.9. The standard InChI is InChI=1S/C30H39N3O4S/c1-4-25-22(2)33(38(35,36)24-10-6-5-7-11-24)27-15-14-23(30(34)29(25)27)16-17-31-18-20-32(21-19-31)26-12-8-9-13-28(26)37-3/h5-13,23,30,34H,4,14-21H2,1-3H3. The number of rotatable bonds is 8. The number of aliphatic hydroxyl groups is 1. The van der Waals surface area contributed by atoms with Crippen LogP contribution in [-0.2, 0) is 22.9 Å². The molecular formula is C30H39N3O4S. The Labute approximate surface area is 226 Å². The van der Waals surface area contributed by atoms with Gasteiger partial charge in [0.15, 0.2) is 0 Å². The Balaban J connectivity index is 1.28. The SMILES string of the molecule is CCc1c2c(n(S(=O)(=O)c3ccccc3)c1C)CCC(CCN1CCN(c3ccccc3OC)CC1)C2O. The number of aromatic nitrogens is 1. The topological polar surface area (TPSA) is 75.0 Å². The van der Waals surface area contributed by atoms with Crippen LogP contribution in [0.1, 0.15) is 48.4 Å². The van der Waals surface area contributed by atoms with Crippen LogP contribution in [0.25, 0.3) is 0 Å². The number of methoxy groups -OCH3 is 1. The number of para-hydroxylation sites is 2. The van der Waals surface area contributed by atoms with Crippen LogP contribution >= 0.6 is 0 Å². The van der Waals surface area contributed by atoms with E-state index < -0.39 is 16.1 Å². The fraction of sp³-hybridized carbons (Fsp3) is 0.467. The smallest absolute Gasteiger partial charge is 0.268 e. The predicted octanol–water partition coefficient (Wildman–Crippen LogP) is 4.41. The summed E-state index contributed by atoms with van der Waals surface area (Å²) in [6.45, 7) is 8.67. The first-order chi connectivity index (χ1) is 18.4. The molecule has 1 fully saturated rings. The molecule has 1 aliphatic heterocycles. The van der Waals surface area contributed by atoms with Gasteiger partial charge in [0.25, 0.3) is 10.0 Å². The Morgan fingerprint density at radius 3 is 2.37 bits per heavy atom. The van der Waals surface area contributed by atoms with E-state index in [1.54, 1.807) is 31.4 Å². The highest BCUT2D eigenvalue weighted by Crippen LogP contribution is 2.42. The second-order valence-corrected chi connectivity index (χ2v) is 12.2. The lowest BCUT2D eigenvalue weighted by molar-refractivity contribution is 0.0785. The van der Waals surface area contributed by atoms with Gasteiger partial charge in [-0.05, 0) is 74.9 Å². The first-order valence-corrected chi connectivity index (χ1v) is 15.1. The number of fused-ring (bicyclic) bond motifs is 1. The fourth-order valence-corrected chi connectivity index (χ4v) is 7.99. The molecule has 2 unspecified atom stereocenters. The molecule has 1 saturated heterocycles. The Kier molecular flexibility index (Phi) is 7.84. The molecule has 1 aliphatic carbocycles. The number of anilines is 1. The molecule has 0 saturated carbocycles. The molecule has 2 atom stereocenters. The van der Waals surface area contributed by atoms with Crippen molar-refractivity contribution in [1.29, 1.82) is 0 Å². The van der Waals surface area contributed by atoms with Crippen LogP contribution in [0.4, 0.5) is 5.69 Å². The van der Waals surface area contributed by atoms with Crippen molar-refractivity contribution in [3.05, 3.63) is 77.1 Å². The summed E-state index contributed by atoms with van der Waals surface area (Å²) < 4.78 is 34.3. The number of piperazine rings is 1. The van der Waals surface area contributed by atoms with E-state index in [2.05, 4.69) is 15.9 Å². The normalized spacial score (nSPS) is 20.4. The highest BCUT2D eigenvalue weighted by Gasteiger charge is 2.37. The first-order valence-electron chi connectivity index (χ1n) is 13.7. The monoisotopic (exact) mass is 537 g/mol. The van der Waals surface area contributed by atoms with Gasteiger partial charge in [0, 0.05) is 43.1 Å². The minimum Gasteiger partial charge on any atom is -0.495 e. The Morgan fingerprint density at radius 2 is 1.68 bits per heavy atom. The minimum atomic E-state index is -3.72. The van der Waals surface area contributed by atoms with Gasteiger partial charge in [-0.15, -0.1) is 0 Å². The van der Waals surface area contributed by atoms with Crippen molar-refractivity contribution in [1.82, 2.24) is 8.87 Å². The molecule has 204 valence electrons. The molecule has 38 heavy (non-hydrogen) atoms. The van der Waals surface area contributed by atoms with Crippen molar-refractivity contribution in [2.75, 3.05) is 44.7 Å². The van der Waals surface area contributed by atoms with Gasteiger partial charge in [-0.3, -0.25) is 4.90 Å². The lowest BCUT2D eigenvalue weighted by Crippen LogP contribution is -2.47. The van der Waals surface area contributed by atoms with E-state index in [-0.39, 0.29) is 10.8 Å². The van der Waals surface area contributed by atoms with Crippen LogP contribution in [0, 0.1) is 12.8 Å². The Morgan fingerprint density at radius 1 is 1.00 bits per heavy atom. The molecule has 0 radical (unpaired) electrons. The van der Waals surface area contributed by atoms with Crippen molar-refractivity contribution < 1.29 is 18.3 Å². The highest BCUT2D eigenvalue weighted by atomic mass is 32.2. The molecule has 2 heterocycles. The number of aliphatic hydroxyl groups excluding tert-OH is 1. The maximum atomic E-state index is 13.6. The molecular weight excluding hydrogens is 498 g/mol. The fourth-order valence-electron chi connectivity index (χ4n) is 6.33. The molecule has 5 rings (SSSR count). The molecule has 7 nitrogen and oxygen atoms in total. The van der Waals surface area contributed by atoms with Crippen molar-refractivity contribution >= 4 is 15.7 Å². The van der Waals surface area contributed by atoms with E-state index in [0.29, 0.717) is 12.8 Å². The highest BCUT2D eigenvalue weighted by molar-refractivity contribution is 7.90. The summed E-state index contributed by atoms with van der Waals surface area (Å²) >= 11 is 0. The Bertz CT molecular complexity index is 1360. The minimum absolute atomic E-state index is 0.120. The van der Waals surface area contributed by atoms with Gasteiger partial charge in [-0.25, -0.2) is 12.4 Å². The molecule has 0 bridgehead atoms. The third-order valence-electron chi connectivity index (χ3n) is 8.37. The van der Waals surface area contributed by atoms with E-state index in [9.17, 15) is 13.5 Å². The second kappa shape index (κ2) is 11.1. The quantitative estimate of drug-likeness (QED) is 0.459. The molecule has 0 amide bonds. The first kappa shape index (κ1) is 26.8. The average Bonchev–Trinajstić information content (AvgIpc) is 3.25. The van der Waals surface area contributed by atoms with Gasteiger partial charge in [0.2, 0.25) is 0 Å². The van der Waals surface area contributed by atoms with Gasteiger partial charge in [0.1, 0.15) is 5.75 Å². The molecule has 1 N–H and O–H groups in total. The van der Waals surface area contributed by atoms with Gasteiger partial charge in [-0.1, -0.05) is 37.3 Å².